The largest absolute Gasteiger partial charge is 0.405 e. The van der Waals surface area contributed by atoms with Crippen LogP contribution in [0.1, 0.15) is 0 Å². The monoisotopic (exact) mass is 157 g/mol. The number of hydrogen-bond donors (Lipinski definition) is 1. The van der Waals surface area contributed by atoms with Crippen LogP contribution in [0.2, 0.25) is 0 Å². The topological polar surface area (TPSA) is 29.1 Å². The number of nitrogens with one attached hydrogen (secondary N) is 1. The van der Waals surface area contributed by atoms with Crippen LogP contribution in [0.3, 0.4) is 0 Å². The lowest BCUT2D eigenvalue weighted by atomic mass is 10.1. The van der Waals surface area contributed by atoms with Gasteiger partial charge in [0.2, 0.25) is 13.9 Å². The molecule has 0 unspecified atom stereocenters. The zero-order valence-corrected chi connectivity index (χ0v) is 6.53. The van der Waals surface area contributed by atoms with E-state index < -0.39 is 0 Å². The van der Waals surface area contributed by atoms with Crippen LogP contribution in [0.15, 0.2) is 48.1 Å². The minimum absolute atomic E-state index is 0.286. The van der Waals surface area contributed by atoms with Gasteiger partial charge in [0.15, 0.2) is 0 Å². The van der Waals surface area contributed by atoms with Gasteiger partial charge in [-0.05, 0) is 12.2 Å². The smallest absolute Gasteiger partial charge is 0.238 e. The predicted octanol–water partition coefficient (Wildman–Crippen LogP) is 0.795. The van der Waals surface area contributed by atoms with Gasteiger partial charge in [0.05, 0.1) is 0 Å². The summed E-state index contributed by atoms with van der Waals surface area (Å²) >= 11 is 0. The first kappa shape index (κ1) is 8.59. The summed E-state index contributed by atoms with van der Waals surface area (Å²) in [6.45, 7) is 0. The molecule has 1 aliphatic rings. The van der Waals surface area contributed by atoms with Gasteiger partial charge in [0, 0.05) is 5.57 Å². The van der Waals surface area contributed by atoms with Crippen molar-refractivity contribution in [2.75, 3.05) is 0 Å². The van der Waals surface area contributed by atoms with Crippen LogP contribution >= 0.6 is 0 Å². The van der Waals surface area contributed by atoms with Crippen LogP contribution in [0, 0.1) is 0 Å². The minimum Gasteiger partial charge on any atom is -0.405 e. The number of hydrogen-bond acceptors (Lipinski definition) is 1. The number of carbonyl (C=O) groups is 1. The molecule has 1 N–H and O–H groups in total. The Morgan fingerprint density at radius 1 is 1.17 bits per heavy atom. The van der Waals surface area contributed by atoms with Gasteiger partial charge < -0.3 is 5.23 Å². The number of amides is 1. The molecule has 0 heterocycles. The van der Waals surface area contributed by atoms with Crippen LogP contribution in [0.5, 0.6) is 0 Å². The Morgan fingerprint density at radius 2 is 1.83 bits per heavy atom. The fourth-order valence-electron chi connectivity index (χ4n) is 0.801. The quantitative estimate of drug-likeness (QED) is 0.560. The fraction of sp³-hybridized carbons (Fsp3) is 0. The summed E-state index contributed by atoms with van der Waals surface area (Å²) in [5.74, 6) is -0.286. The molecule has 0 aromatic carbocycles. The summed E-state index contributed by atoms with van der Waals surface area (Å²) < 4.78 is 0. The van der Waals surface area contributed by atoms with Crippen LogP contribution < -0.4 is 5.23 Å². The van der Waals surface area contributed by atoms with Gasteiger partial charge in [0.1, 0.15) is 0 Å². The average Bonchev–Trinajstić information content (AvgIpc) is 2.02. The Morgan fingerprint density at radius 3 is 2.58 bits per heavy atom. The molecule has 0 aromatic rings. The Bertz CT molecular complexity index is 287. The highest BCUT2D eigenvalue weighted by atomic mass is 16.1. The van der Waals surface area contributed by atoms with Gasteiger partial charge in [-0.2, -0.15) is 0 Å². The van der Waals surface area contributed by atoms with E-state index in [9.17, 15) is 4.79 Å². The Kier molecular flexibility index (Phi) is 3.14. The summed E-state index contributed by atoms with van der Waals surface area (Å²) in [5.41, 5.74) is 0.540. The standard InChI is InChI=1S/C9H8BNO/c10-11-9(12)8-6-4-2-1-3-5-7-8/h1-7H,(H,11,12)/b2-1-,3-1?,4-2?,5-3-,6-4?,7-5?,8-6?,8-7?. The zero-order chi connectivity index (χ0) is 8.81. The fourth-order valence-corrected chi connectivity index (χ4v) is 0.801. The van der Waals surface area contributed by atoms with Gasteiger partial charge in [-0.15, -0.1) is 0 Å². The molecular formula is C9H8BNO. The zero-order valence-electron chi connectivity index (χ0n) is 6.53. The SMILES string of the molecule is [B]NC(=O)C1=C/C=C\C=C/C=C1. The highest BCUT2D eigenvalue weighted by molar-refractivity contribution is 6.18. The summed E-state index contributed by atoms with van der Waals surface area (Å²) in [7, 11) is 4.98. The van der Waals surface area contributed by atoms with E-state index in [2.05, 4.69) is 5.23 Å². The first-order valence-corrected chi connectivity index (χ1v) is 3.57. The molecule has 3 heteroatoms. The van der Waals surface area contributed by atoms with Gasteiger partial charge in [-0.25, -0.2) is 0 Å². The van der Waals surface area contributed by atoms with Gasteiger partial charge in [-0.1, -0.05) is 30.4 Å². The molecule has 0 aliphatic heterocycles. The Hall–Kier alpha value is -1.51. The van der Waals surface area contributed by atoms with Crippen LogP contribution in [0.4, 0.5) is 0 Å². The molecule has 1 rings (SSSR count). The molecule has 1 aliphatic carbocycles. The lowest BCUT2D eigenvalue weighted by molar-refractivity contribution is -0.115. The van der Waals surface area contributed by atoms with E-state index in [0.29, 0.717) is 5.57 Å². The van der Waals surface area contributed by atoms with Crippen LogP contribution in [0.25, 0.3) is 0 Å². The number of allylic oxidation sites excluding steroid dienone is 6. The van der Waals surface area contributed by atoms with Crippen molar-refractivity contribution in [1.82, 2.24) is 5.23 Å². The molecule has 0 atom stereocenters. The molecule has 0 aromatic heterocycles. The van der Waals surface area contributed by atoms with Gasteiger partial charge in [0.25, 0.3) is 0 Å². The van der Waals surface area contributed by atoms with Crippen molar-refractivity contribution in [3.8, 4) is 0 Å². The second kappa shape index (κ2) is 4.39. The van der Waals surface area contributed by atoms with E-state index >= 15 is 0 Å². The lowest BCUT2D eigenvalue weighted by Gasteiger charge is -1.98. The van der Waals surface area contributed by atoms with Crippen LogP contribution in [-0.4, -0.2) is 13.9 Å². The molecule has 0 saturated carbocycles. The Labute approximate surface area is 72.8 Å². The minimum atomic E-state index is -0.286. The third-order valence-electron chi connectivity index (χ3n) is 1.39. The summed E-state index contributed by atoms with van der Waals surface area (Å²) in [4.78, 5) is 11.0. The molecule has 58 valence electrons. The van der Waals surface area contributed by atoms with Crippen molar-refractivity contribution in [1.29, 1.82) is 0 Å². The summed E-state index contributed by atoms with van der Waals surface area (Å²) in [6, 6.07) is 0. The summed E-state index contributed by atoms with van der Waals surface area (Å²) in [6.07, 6.45) is 12.5. The van der Waals surface area contributed by atoms with E-state index in [1.54, 1.807) is 24.3 Å². The molecule has 0 bridgehead atoms. The molecular weight excluding hydrogens is 149 g/mol. The molecule has 12 heavy (non-hydrogen) atoms. The van der Waals surface area contributed by atoms with Gasteiger partial charge in [-0.3, -0.25) is 4.79 Å². The molecule has 2 radical (unpaired) electrons. The maximum Gasteiger partial charge on any atom is 0.238 e. The lowest BCUT2D eigenvalue weighted by Crippen LogP contribution is -2.20. The first-order chi connectivity index (χ1) is 5.84. The van der Waals surface area contributed by atoms with Crippen molar-refractivity contribution in [2.45, 2.75) is 0 Å². The van der Waals surface area contributed by atoms with Crippen molar-refractivity contribution in [3.05, 3.63) is 48.1 Å². The molecule has 2 nitrogen and oxygen atoms in total. The Balaban J connectivity index is 2.82. The highest BCUT2D eigenvalue weighted by Crippen LogP contribution is 2.00. The van der Waals surface area contributed by atoms with E-state index in [4.69, 9.17) is 7.98 Å². The van der Waals surface area contributed by atoms with Crippen molar-refractivity contribution >= 4 is 13.9 Å². The third kappa shape index (κ3) is 2.27. The molecule has 1 amide bonds. The molecule has 0 spiro atoms. The maximum atomic E-state index is 11.0. The van der Waals surface area contributed by atoms with E-state index in [0.717, 1.165) is 0 Å². The second-order valence-electron chi connectivity index (χ2n) is 2.22. The first-order valence-electron chi connectivity index (χ1n) is 3.57. The number of rotatable bonds is 1. The second-order valence-corrected chi connectivity index (χ2v) is 2.22. The van der Waals surface area contributed by atoms with Crippen molar-refractivity contribution in [3.63, 3.8) is 0 Å². The summed E-state index contributed by atoms with van der Waals surface area (Å²) in [5, 5.41) is 2.07. The van der Waals surface area contributed by atoms with E-state index in [-0.39, 0.29) is 5.91 Å². The third-order valence-corrected chi connectivity index (χ3v) is 1.39. The van der Waals surface area contributed by atoms with Crippen molar-refractivity contribution in [2.24, 2.45) is 0 Å². The van der Waals surface area contributed by atoms with E-state index in [1.807, 2.05) is 18.2 Å². The van der Waals surface area contributed by atoms with Gasteiger partial charge >= 0.3 is 0 Å². The predicted molar refractivity (Wildman–Crippen MR) is 49.4 cm³/mol. The van der Waals surface area contributed by atoms with E-state index in [1.165, 1.54) is 0 Å². The van der Waals surface area contributed by atoms with Crippen molar-refractivity contribution < 1.29 is 4.79 Å². The molecule has 0 fully saturated rings. The van der Waals surface area contributed by atoms with Crippen LogP contribution in [-0.2, 0) is 4.79 Å². The molecule has 0 saturated heterocycles. The maximum absolute atomic E-state index is 11.0. The normalized spacial score (nSPS) is 20.2. The number of carbonyl (C=O) groups excluding carboxylic acids is 1. The highest BCUT2D eigenvalue weighted by Gasteiger charge is 2.00. The average molecular weight is 157 g/mol.